The molecule has 1 aromatic heterocycles. The number of rotatable bonds is 3. The van der Waals surface area contributed by atoms with Crippen molar-refractivity contribution in [2.45, 2.75) is 13.8 Å². The van der Waals surface area contributed by atoms with Crippen molar-refractivity contribution >= 4 is 22.6 Å². The molecule has 2 aromatic carbocycles. The molecule has 122 valence electrons. The average Bonchev–Trinajstić information content (AvgIpc) is 2.92. The van der Waals surface area contributed by atoms with E-state index in [1.165, 1.54) is 30.3 Å². The van der Waals surface area contributed by atoms with Gasteiger partial charge in [0.25, 0.3) is 5.69 Å². The van der Waals surface area contributed by atoms with E-state index in [2.05, 4.69) is 0 Å². The van der Waals surface area contributed by atoms with Crippen molar-refractivity contribution in [2.24, 2.45) is 0 Å². The number of phenols is 1. The second-order valence-corrected chi connectivity index (χ2v) is 5.44. The predicted octanol–water partition coefficient (Wildman–Crippen LogP) is 4.03. The summed E-state index contributed by atoms with van der Waals surface area (Å²) in [6.07, 6.45) is 0. The van der Waals surface area contributed by atoms with Gasteiger partial charge in [-0.2, -0.15) is 0 Å². The molecule has 0 saturated carbocycles. The van der Waals surface area contributed by atoms with E-state index in [9.17, 15) is 25.1 Å². The Morgan fingerprint density at radius 3 is 2.33 bits per heavy atom. The number of nitrogens with zero attached hydrogens (tertiary/aromatic N) is 1. The van der Waals surface area contributed by atoms with Crippen molar-refractivity contribution in [2.75, 3.05) is 0 Å². The molecule has 7 heteroatoms. The first-order valence-electron chi connectivity index (χ1n) is 7.05. The molecular formula is C17H13NO6. The van der Waals surface area contributed by atoms with Crippen molar-refractivity contribution < 1.29 is 24.3 Å². The number of carbonyl (C=O) groups is 1. The molecule has 0 aliphatic heterocycles. The summed E-state index contributed by atoms with van der Waals surface area (Å²) < 4.78 is 5.51. The predicted molar refractivity (Wildman–Crippen MR) is 86.4 cm³/mol. The van der Waals surface area contributed by atoms with Gasteiger partial charge in [-0.3, -0.25) is 10.1 Å². The van der Waals surface area contributed by atoms with Crippen LogP contribution in [0.15, 0.2) is 34.7 Å². The van der Waals surface area contributed by atoms with Crippen LogP contribution in [0.1, 0.15) is 21.7 Å². The highest BCUT2D eigenvalue weighted by Gasteiger charge is 2.24. The maximum absolute atomic E-state index is 11.6. The lowest BCUT2D eigenvalue weighted by Crippen LogP contribution is -1.96. The van der Waals surface area contributed by atoms with Crippen LogP contribution in [0.3, 0.4) is 0 Å². The Hall–Kier alpha value is -3.35. The molecule has 0 saturated heterocycles. The number of hydrogen-bond donors (Lipinski definition) is 2. The molecule has 0 aliphatic rings. The summed E-state index contributed by atoms with van der Waals surface area (Å²) in [6, 6.07) is 6.95. The third-order valence-corrected chi connectivity index (χ3v) is 4.07. The molecule has 0 aliphatic carbocycles. The number of aromatic hydroxyl groups is 1. The Morgan fingerprint density at radius 1 is 1.17 bits per heavy atom. The number of carboxylic acid groups (broad SMARTS) is 1. The van der Waals surface area contributed by atoms with Gasteiger partial charge in [0.1, 0.15) is 11.3 Å². The maximum atomic E-state index is 11.6. The van der Waals surface area contributed by atoms with Crippen molar-refractivity contribution in [1.29, 1.82) is 0 Å². The van der Waals surface area contributed by atoms with Crippen LogP contribution in [-0.2, 0) is 0 Å². The zero-order valence-corrected chi connectivity index (χ0v) is 12.9. The number of furan rings is 1. The number of nitro benzene ring substituents is 1. The molecular weight excluding hydrogens is 314 g/mol. The van der Waals surface area contributed by atoms with E-state index in [1.54, 1.807) is 13.8 Å². The average molecular weight is 327 g/mol. The largest absolute Gasteiger partial charge is 0.508 e. The summed E-state index contributed by atoms with van der Waals surface area (Å²) in [5.74, 6) is -1.50. The molecule has 0 unspecified atom stereocenters. The summed E-state index contributed by atoms with van der Waals surface area (Å²) in [4.78, 5) is 21.8. The van der Waals surface area contributed by atoms with Gasteiger partial charge in [-0.25, -0.2) is 4.79 Å². The van der Waals surface area contributed by atoms with Crippen molar-refractivity contribution in [3.8, 4) is 16.9 Å². The summed E-state index contributed by atoms with van der Waals surface area (Å²) in [5.41, 5.74) is 2.25. The third-order valence-electron chi connectivity index (χ3n) is 4.07. The SMILES string of the molecule is Cc1c(O)cc2c(-c3ccc([N+](=O)[O-])cc3)c(C(=O)O)oc2c1C. The van der Waals surface area contributed by atoms with Gasteiger partial charge in [-0.15, -0.1) is 0 Å². The van der Waals surface area contributed by atoms with Gasteiger partial charge < -0.3 is 14.6 Å². The molecule has 0 atom stereocenters. The minimum absolute atomic E-state index is 0.0286. The Labute approximate surface area is 135 Å². The molecule has 0 fully saturated rings. The zero-order valence-electron chi connectivity index (χ0n) is 12.9. The lowest BCUT2D eigenvalue weighted by molar-refractivity contribution is -0.384. The summed E-state index contributed by atoms with van der Waals surface area (Å²) >= 11 is 0. The lowest BCUT2D eigenvalue weighted by Gasteiger charge is -2.05. The quantitative estimate of drug-likeness (QED) is 0.554. The molecule has 3 aromatic rings. The van der Waals surface area contributed by atoms with E-state index in [0.717, 1.165) is 0 Å². The normalized spacial score (nSPS) is 10.9. The van der Waals surface area contributed by atoms with Crippen LogP contribution in [0.4, 0.5) is 5.69 Å². The van der Waals surface area contributed by atoms with Crippen molar-refractivity contribution in [3.05, 3.63) is 57.3 Å². The minimum atomic E-state index is -1.25. The molecule has 3 rings (SSSR count). The number of fused-ring (bicyclic) bond motifs is 1. The van der Waals surface area contributed by atoms with E-state index in [0.29, 0.717) is 27.7 Å². The first kappa shape index (κ1) is 15.5. The molecule has 0 spiro atoms. The molecule has 2 N–H and O–H groups in total. The van der Waals surface area contributed by atoms with Gasteiger partial charge in [0.2, 0.25) is 5.76 Å². The number of non-ortho nitro benzene ring substituents is 1. The summed E-state index contributed by atoms with van der Waals surface area (Å²) in [6.45, 7) is 3.44. The van der Waals surface area contributed by atoms with E-state index in [-0.39, 0.29) is 22.8 Å². The molecule has 1 heterocycles. The van der Waals surface area contributed by atoms with E-state index in [1.807, 2.05) is 0 Å². The molecule has 0 bridgehead atoms. The molecule has 24 heavy (non-hydrogen) atoms. The second-order valence-electron chi connectivity index (χ2n) is 5.44. The highest BCUT2D eigenvalue weighted by Crippen LogP contribution is 2.40. The summed E-state index contributed by atoms with van der Waals surface area (Å²) in [5, 5.41) is 30.7. The van der Waals surface area contributed by atoms with E-state index in [4.69, 9.17) is 4.42 Å². The first-order chi connectivity index (χ1) is 11.3. The topological polar surface area (TPSA) is 114 Å². The van der Waals surface area contributed by atoms with Crippen molar-refractivity contribution in [1.82, 2.24) is 0 Å². The van der Waals surface area contributed by atoms with Crippen LogP contribution < -0.4 is 0 Å². The van der Waals surface area contributed by atoms with Crippen LogP contribution in [0.5, 0.6) is 5.75 Å². The fourth-order valence-corrected chi connectivity index (χ4v) is 2.65. The standard InChI is InChI=1S/C17H13NO6/c1-8-9(2)15-12(7-13(8)19)14(16(24-15)17(20)21)10-3-5-11(6-4-10)18(22)23/h3-7,19H,1-2H3,(H,20,21). The van der Waals surface area contributed by atoms with Crippen LogP contribution in [-0.4, -0.2) is 21.1 Å². The van der Waals surface area contributed by atoms with Gasteiger partial charge in [0.15, 0.2) is 0 Å². The number of hydrogen-bond acceptors (Lipinski definition) is 5. The number of benzene rings is 2. The highest BCUT2D eigenvalue weighted by atomic mass is 16.6. The number of nitro groups is 1. The van der Waals surface area contributed by atoms with Crippen LogP contribution >= 0.6 is 0 Å². The van der Waals surface area contributed by atoms with Gasteiger partial charge in [0.05, 0.1) is 4.92 Å². The minimum Gasteiger partial charge on any atom is -0.508 e. The third kappa shape index (κ3) is 2.26. The summed E-state index contributed by atoms with van der Waals surface area (Å²) in [7, 11) is 0. The van der Waals surface area contributed by atoms with Gasteiger partial charge >= 0.3 is 5.97 Å². The van der Waals surface area contributed by atoms with Gasteiger partial charge in [-0.1, -0.05) is 0 Å². The smallest absolute Gasteiger partial charge is 0.372 e. The number of aryl methyl sites for hydroxylation is 1. The number of aromatic carboxylic acids is 1. The van der Waals surface area contributed by atoms with Crippen LogP contribution in [0.25, 0.3) is 22.1 Å². The Balaban J connectivity index is 2.35. The van der Waals surface area contributed by atoms with E-state index >= 15 is 0 Å². The van der Waals surface area contributed by atoms with Crippen LogP contribution in [0.2, 0.25) is 0 Å². The monoisotopic (exact) mass is 327 g/mol. The lowest BCUT2D eigenvalue weighted by atomic mass is 9.98. The Kier molecular flexibility index (Phi) is 3.48. The van der Waals surface area contributed by atoms with Crippen molar-refractivity contribution in [3.63, 3.8) is 0 Å². The van der Waals surface area contributed by atoms with Gasteiger partial charge in [-0.05, 0) is 48.7 Å². The number of carboxylic acids is 1. The van der Waals surface area contributed by atoms with Gasteiger partial charge in [0, 0.05) is 23.1 Å². The van der Waals surface area contributed by atoms with Crippen LogP contribution in [0, 0.1) is 24.0 Å². The Bertz CT molecular complexity index is 985. The highest BCUT2D eigenvalue weighted by molar-refractivity contribution is 6.07. The number of phenolic OH excluding ortho intramolecular Hbond substituents is 1. The Morgan fingerprint density at radius 2 is 1.79 bits per heavy atom. The zero-order chi connectivity index (χ0) is 17.6. The fourth-order valence-electron chi connectivity index (χ4n) is 2.65. The first-order valence-corrected chi connectivity index (χ1v) is 7.05. The fraction of sp³-hybridized carbons (Fsp3) is 0.118. The van der Waals surface area contributed by atoms with E-state index < -0.39 is 10.9 Å². The molecule has 7 nitrogen and oxygen atoms in total. The molecule has 0 radical (unpaired) electrons. The molecule has 0 amide bonds. The maximum Gasteiger partial charge on any atom is 0.372 e. The second kappa shape index (κ2) is 5.38.